The molecule has 3 rings (SSSR count). The number of thiazole rings is 1. The molecule has 2 aliphatic rings. The summed E-state index contributed by atoms with van der Waals surface area (Å²) in [6, 6.07) is 0. The molecule has 1 aliphatic carbocycles. The lowest BCUT2D eigenvalue weighted by atomic mass is 9.75. The summed E-state index contributed by atoms with van der Waals surface area (Å²) in [5.41, 5.74) is -1.22. The van der Waals surface area contributed by atoms with Crippen molar-refractivity contribution in [2.75, 3.05) is 31.1 Å². The van der Waals surface area contributed by atoms with Gasteiger partial charge in [-0.05, 0) is 32.6 Å². The van der Waals surface area contributed by atoms with Crippen LogP contribution in [0.2, 0.25) is 0 Å². The van der Waals surface area contributed by atoms with E-state index in [4.69, 9.17) is 0 Å². The molecule has 1 aromatic rings. The molecule has 8 heteroatoms. The molecule has 1 saturated heterocycles. The van der Waals surface area contributed by atoms with Crippen molar-refractivity contribution in [3.8, 4) is 0 Å². The molecular weight excluding hydrogens is 324 g/mol. The van der Waals surface area contributed by atoms with Crippen LogP contribution in [0.15, 0.2) is 5.38 Å². The standard InChI is InChI=1S/C15H21F2N3O2S/c1-11-10-23-13(18-11)20-7-3-6-19(8-9-20)12(21)15(16,17)14(22)4-2-5-14/h10,22H,2-9H2,1H3. The fraction of sp³-hybridized carbons (Fsp3) is 0.733. The first-order chi connectivity index (χ1) is 10.8. The molecule has 0 bridgehead atoms. The highest BCUT2D eigenvalue weighted by atomic mass is 32.1. The third kappa shape index (κ3) is 2.94. The number of rotatable bonds is 3. The summed E-state index contributed by atoms with van der Waals surface area (Å²) in [6.07, 6.45) is 1.13. The maximum atomic E-state index is 14.3. The Bertz CT molecular complexity index is 589. The quantitative estimate of drug-likeness (QED) is 0.911. The van der Waals surface area contributed by atoms with Gasteiger partial charge in [-0.3, -0.25) is 4.79 Å². The average Bonchev–Trinajstić information content (AvgIpc) is 2.77. The number of halogens is 2. The minimum Gasteiger partial charge on any atom is -0.383 e. The van der Waals surface area contributed by atoms with Crippen molar-refractivity contribution in [1.82, 2.24) is 9.88 Å². The van der Waals surface area contributed by atoms with E-state index in [1.54, 1.807) is 0 Å². The number of carbonyl (C=O) groups is 1. The Hall–Kier alpha value is -1.28. The molecule has 5 nitrogen and oxygen atoms in total. The van der Waals surface area contributed by atoms with E-state index >= 15 is 0 Å². The predicted molar refractivity (Wildman–Crippen MR) is 84.0 cm³/mol. The maximum Gasteiger partial charge on any atom is 0.352 e. The largest absolute Gasteiger partial charge is 0.383 e. The zero-order valence-corrected chi connectivity index (χ0v) is 13.9. The van der Waals surface area contributed by atoms with Gasteiger partial charge in [0.2, 0.25) is 0 Å². The molecule has 128 valence electrons. The minimum atomic E-state index is -3.70. The van der Waals surface area contributed by atoms with Gasteiger partial charge < -0.3 is 14.9 Å². The number of aromatic nitrogens is 1. The molecule has 0 radical (unpaired) electrons. The van der Waals surface area contributed by atoms with Crippen LogP contribution in [0.5, 0.6) is 0 Å². The second-order valence-electron chi connectivity index (χ2n) is 6.36. The number of hydrogen-bond donors (Lipinski definition) is 1. The van der Waals surface area contributed by atoms with Crippen LogP contribution < -0.4 is 4.90 Å². The second kappa shape index (κ2) is 5.98. The first-order valence-corrected chi connectivity index (χ1v) is 8.78. The number of anilines is 1. The van der Waals surface area contributed by atoms with Crippen LogP contribution in [0.25, 0.3) is 0 Å². The van der Waals surface area contributed by atoms with Crippen LogP contribution in [0.3, 0.4) is 0 Å². The van der Waals surface area contributed by atoms with Gasteiger partial charge in [0, 0.05) is 31.6 Å². The Morgan fingerprint density at radius 1 is 1.30 bits per heavy atom. The van der Waals surface area contributed by atoms with Gasteiger partial charge in [-0.2, -0.15) is 8.78 Å². The van der Waals surface area contributed by atoms with Crippen molar-refractivity contribution < 1.29 is 18.7 Å². The summed E-state index contributed by atoms with van der Waals surface area (Å²) in [5.74, 6) is -4.94. The number of aliphatic hydroxyl groups is 1. The van der Waals surface area contributed by atoms with Crippen LogP contribution in [0.1, 0.15) is 31.4 Å². The zero-order valence-electron chi connectivity index (χ0n) is 13.1. The van der Waals surface area contributed by atoms with Gasteiger partial charge >= 0.3 is 5.92 Å². The molecule has 0 unspecified atom stereocenters. The van der Waals surface area contributed by atoms with Crippen LogP contribution in [-0.4, -0.2) is 58.6 Å². The van der Waals surface area contributed by atoms with Gasteiger partial charge in [-0.15, -0.1) is 11.3 Å². The van der Waals surface area contributed by atoms with Gasteiger partial charge in [0.1, 0.15) is 5.60 Å². The van der Waals surface area contributed by atoms with E-state index < -0.39 is 17.4 Å². The summed E-state index contributed by atoms with van der Waals surface area (Å²) in [7, 11) is 0. The Labute approximate surface area is 137 Å². The first kappa shape index (κ1) is 16.6. The maximum absolute atomic E-state index is 14.3. The van der Waals surface area contributed by atoms with Crippen molar-refractivity contribution in [3.05, 3.63) is 11.1 Å². The topological polar surface area (TPSA) is 56.7 Å². The number of nitrogens with zero attached hydrogens (tertiary/aromatic N) is 3. The van der Waals surface area contributed by atoms with Crippen molar-refractivity contribution in [2.45, 2.75) is 44.1 Å². The van der Waals surface area contributed by atoms with Crippen LogP contribution >= 0.6 is 11.3 Å². The highest BCUT2D eigenvalue weighted by molar-refractivity contribution is 7.13. The van der Waals surface area contributed by atoms with Crippen LogP contribution in [0, 0.1) is 6.92 Å². The van der Waals surface area contributed by atoms with E-state index in [9.17, 15) is 18.7 Å². The zero-order chi connectivity index (χ0) is 16.7. The lowest BCUT2D eigenvalue weighted by Crippen LogP contribution is -2.61. The molecule has 0 atom stereocenters. The van der Waals surface area contributed by atoms with E-state index in [0.29, 0.717) is 25.9 Å². The molecular formula is C15H21F2N3O2S. The van der Waals surface area contributed by atoms with Crippen LogP contribution in [0.4, 0.5) is 13.9 Å². The van der Waals surface area contributed by atoms with E-state index in [0.717, 1.165) is 10.8 Å². The van der Waals surface area contributed by atoms with E-state index in [2.05, 4.69) is 4.98 Å². The lowest BCUT2D eigenvalue weighted by molar-refractivity contribution is -0.223. The number of carbonyl (C=O) groups excluding carboxylic acids is 1. The van der Waals surface area contributed by atoms with Gasteiger partial charge in [0.25, 0.3) is 5.91 Å². The molecule has 1 aliphatic heterocycles. The number of hydrogen-bond acceptors (Lipinski definition) is 5. The van der Waals surface area contributed by atoms with Crippen LogP contribution in [-0.2, 0) is 4.79 Å². The Balaban J connectivity index is 1.66. The predicted octanol–water partition coefficient (Wildman–Crippen LogP) is 2.04. The fourth-order valence-corrected chi connectivity index (χ4v) is 3.88. The molecule has 1 amide bonds. The molecule has 1 saturated carbocycles. The Morgan fingerprint density at radius 2 is 2.04 bits per heavy atom. The number of aryl methyl sites for hydroxylation is 1. The lowest BCUT2D eigenvalue weighted by Gasteiger charge is -2.43. The van der Waals surface area contributed by atoms with Crippen molar-refractivity contribution in [1.29, 1.82) is 0 Å². The summed E-state index contributed by atoms with van der Waals surface area (Å²) >= 11 is 1.52. The van der Waals surface area contributed by atoms with Crippen molar-refractivity contribution >= 4 is 22.4 Å². The highest BCUT2D eigenvalue weighted by Crippen LogP contribution is 2.45. The summed E-state index contributed by atoms with van der Waals surface area (Å²) < 4.78 is 28.6. The molecule has 23 heavy (non-hydrogen) atoms. The SMILES string of the molecule is Cc1csc(N2CCCN(C(=O)C(F)(F)C3(O)CCC3)CC2)n1. The third-order valence-electron chi connectivity index (χ3n) is 4.69. The molecule has 2 heterocycles. The molecule has 0 spiro atoms. The molecule has 2 fully saturated rings. The third-order valence-corrected chi connectivity index (χ3v) is 5.71. The normalized spacial score (nSPS) is 21.7. The summed E-state index contributed by atoms with van der Waals surface area (Å²) in [6.45, 7) is 3.59. The van der Waals surface area contributed by atoms with Gasteiger partial charge in [-0.1, -0.05) is 0 Å². The van der Waals surface area contributed by atoms with Gasteiger partial charge in [0.15, 0.2) is 5.13 Å². The second-order valence-corrected chi connectivity index (χ2v) is 7.20. The minimum absolute atomic E-state index is 0.00982. The fourth-order valence-electron chi connectivity index (χ4n) is 3.02. The Morgan fingerprint density at radius 3 is 2.61 bits per heavy atom. The van der Waals surface area contributed by atoms with Crippen molar-refractivity contribution in [2.24, 2.45) is 0 Å². The molecule has 1 aromatic heterocycles. The smallest absolute Gasteiger partial charge is 0.352 e. The van der Waals surface area contributed by atoms with E-state index in [1.165, 1.54) is 16.2 Å². The summed E-state index contributed by atoms with van der Waals surface area (Å²) in [4.78, 5) is 19.9. The van der Waals surface area contributed by atoms with Crippen molar-refractivity contribution in [3.63, 3.8) is 0 Å². The number of amides is 1. The highest BCUT2D eigenvalue weighted by Gasteiger charge is 2.62. The van der Waals surface area contributed by atoms with Gasteiger partial charge in [0.05, 0.1) is 5.69 Å². The average molecular weight is 345 g/mol. The number of alkyl halides is 2. The van der Waals surface area contributed by atoms with E-state index in [-0.39, 0.29) is 25.9 Å². The molecule has 0 aromatic carbocycles. The Kier molecular flexibility index (Phi) is 4.31. The van der Waals surface area contributed by atoms with E-state index in [1.807, 2.05) is 17.2 Å². The first-order valence-electron chi connectivity index (χ1n) is 7.90. The molecule has 1 N–H and O–H groups in total. The van der Waals surface area contributed by atoms with Gasteiger partial charge in [-0.25, -0.2) is 4.98 Å². The monoisotopic (exact) mass is 345 g/mol. The summed E-state index contributed by atoms with van der Waals surface area (Å²) in [5, 5.41) is 12.7.